The first kappa shape index (κ1) is 23.3. The molecule has 1 aliphatic rings. The number of nitrogens with zero attached hydrogens (tertiary/aromatic N) is 2. The summed E-state index contributed by atoms with van der Waals surface area (Å²) in [6.45, 7) is 2.49. The van der Waals surface area contributed by atoms with E-state index >= 15 is 0 Å². The normalized spacial score (nSPS) is 16.2. The molecule has 2 N–H and O–H groups in total. The minimum absolute atomic E-state index is 0.0768. The van der Waals surface area contributed by atoms with Crippen molar-refractivity contribution in [2.75, 3.05) is 25.4 Å². The van der Waals surface area contributed by atoms with Crippen LogP contribution in [0.4, 0.5) is 0 Å². The Morgan fingerprint density at radius 2 is 2.10 bits per heavy atom. The lowest BCUT2D eigenvalue weighted by Gasteiger charge is -2.29. The third-order valence-electron chi connectivity index (χ3n) is 5.16. The van der Waals surface area contributed by atoms with Crippen LogP contribution >= 0.6 is 0 Å². The van der Waals surface area contributed by atoms with Gasteiger partial charge in [-0.05, 0) is 49.1 Å². The van der Waals surface area contributed by atoms with Gasteiger partial charge in [-0.25, -0.2) is 0 Å². The van der Waals surface area contributed by atoms with Crippen LogP contribution in [0, 0.1) is 0 Å². The Bertz CT molecular complexity index is 879. The van der Waals surface area contributed by atoms with Gasteiger partial charge in [-0.15, -0.1) is 0 Å². The molecule has 1 aliphatic heterocycles. The first-order valence-corrected chi connectivity index (χ1v) is 12.0. The summed E-state index contributed by atoms with van der Waals surface area (Å²) in [5.41, 5.74) is 1.98. The summed E-state index contributed by atoms with van der Waals surface area (Å²) in [5.74, 6) is 0.0710. The van der Waals surface area contributed by atoms with Crippen LogP contribution in [-0.4, -0.2) is 62.4 Å². The van der Waals surface area contributed by atoms with Gasteiger partial charge in [0.05, 0.1) is 24.7 Å². The van der Waals surface area contributed by atoms with Crippen molar-refractivity contribution in [3.05, 3.63) is 53.7 Å². The highest BCUT2D eigenvalue weighted by atomic mass is 32.2. The maximum absolute atomic E-state index is 12.1. The van der Waals surface area contributed by atoms with Crippen molar-refractivity contribution in [3.63, 3.8) is 0 Å². The second-order valence-electron chi connectivity index (χ2n) is 7.79. The maximum Gasteiger partial charge on any atom is 0.232 e. The zero-order valence-corrected chi connectivity index (χ0v) is 18.3. The first-order valence-electron chi connectivity index (χ1n) is 10.5. The Morgan fingerprint density at radius 1 is 1.29 bits per heavy atom. The molecule has 0 spiro atoms. The van der Waals surface area contributed by atoms with Crippen molar-refractivity contribution in [2.24, 2.45) is 0 Å². The molecule has 1 saturated heterocycles. The summed E-state index contributed by atoms with van der Waals surface area (Å²) < 4.78 is 17.1. The summed E-state index contributed by atoms with van der Waals surface area (Å²) >= 11 is 0. The standard InChI is InChI=1S/C22H29N3O5S/c26-19-6-9-25(10-7-19)14-17-5-8-23-18(12-17)3-4-20(27)13-24-22(28)16-31(29)15-21-2-1-11-30-21/h1-2,5,8,11-12,19,26H,3-4,6-7,9-10,13-16H2,(H,24,28). The lowest BCUT2D eigenvalue weighted by atomic mass is 10.1. The summed E-state index contributed by atoms with van der Waals surface area (Å²) in [7, 11) is -1.38. The average molecular weight is 448 g/mol. The predicted molar refractivity (Wildman–Crippen MR) is 117 cm³/mol. The summed E-state index contributed by atoms with van der Waals surface area (Å²) in [6, 6.07) is 7.39. The number of rotatable bonds is 11. The molecule has 2 aromatic rings. The minimum atomic E-state index is -1.38. The van der Waals surface area contributed by atoms with Crippen LogP contribution in [0.15, 0.2) is 41.1 Å². The van der Waals surface area contributed by atoms with Crippen molar-refractivity contribution in [2.45, 2.75) is 44.1 Å². The van der Waals surface area contributed by atoms with E-state index in [1.54, 1.807) is 18.3 Å². The topological polar surface area (TPSA) is 113 Å². The van der Waals surface area contributed by atoms with Crippen LogP contribution in [0.1, 0.15) is 36.3 Å². The van der Waals surface area contributed by atoms with Gasteiger partial charge >= 0.3 is 0 Å². The number of aromatic nitrogens is 1. The summed E-state index contributed by atoms with van der Waals surface area (Å²) in [5, 5.41) is 12.2. The van der Waals surface area contributed by atoms with Gasteiger partial charge in [0.1, 0.15) is 11.5 Å². The fraction of sp³-hybridized carbons (Fsp3) is 0.500. The molecule has 31 heavy (non-hydrogen) atoms. The third kappa shape index (κ3) is 8.35. The van der Waals surface area contributed by atoms with Crippen molar-refractivity contribution >= 4 is 22.5 Å². The van der Waals surface area contributed by atoms with Gasteiger partial charge in [0.25, 0.3) is 0 Å². The van der Waals surface area contributed by atoms with E-state index in [-0.39, 0.29) is 36.4 Å². The second kappa shape index (κ2) is 11.9. The molecule has 8 nitrogen and oxygen atoms in total. The Balaban J connectivity index is 1.35. The smallest absolute Gasteiger partial charge is 0.232 e. The molecule has 0 bridgehead atoms. The highest BCUT2D eigenvalue weighted by molar-refractivity contribution is 7.84. The van der Waals surface area contributed by atoms with Crippen LogP contribution in [0.2, 0.25) is 0 Å². The van der Waals surface area contributed by atoms with E-state index in [0.717, 1.165) is 43.7 Å². The minimum Gasteiger partial charge on any atom is -0.468 e. The number of ketones is 1. The number of aryl methyl sites for hydroxylation is 1. The Kier molecular flexibility index (Phi) is 8.93. The largest absolute Gasteiger partial charge is 0.468 e. The molecule has 1 unspecified atom stereocenters. The van der Waals surface area contributed by atoms with Gasteiger partial charge in [0.2, 0.25) is 5.91 Å². The summed E-state index contributed by atoms with van der Waals surface area (Å²) in [6.07, 6.45) is 5.45. The predicted octanol–water partition coefficient (Wildman–Crippen LogP) is 1.20. The number of aliphatic hydroxyl groups is 1. The van der Waals surface area contributed by atoms with Crippen molar-refractivity contribution < 1.29 is 23.3 Å². The number of nitrogens with one attached hydrogen (secondary N) is 1. The maximum atomic E-state index is 12.1. The van der Waals surface area contributed by atoms with Crippen molar-refractivity contribution in [3.8, 4) is 0 Å². The van der Waals surface area contributed by atoms with Crippen molar-refractivity contribution in [1.82, 2.24) is 15.2 Å². The average Bonchev–Trinajstić information content (AvgIpc) is 3.25. The molecule has 0 aliphatic carbocycles. The number of Topliss-reactive ketones (excluding diaryl/α,β-unsaturated/α-hetero) is 1. The number of amides is 1. The third-order valence-corrected chi connectivity index (χ3v) is 6.35. The molecule has 2 aromatic heterocycles. The number of carbonyl (C=O) groups is 2. The number of hydrogen-bond donors (Lipinski definition) is 2. The van der Waals surface area contributed by atoms with Gasteiger partial charge in [0, 0.05) is 48.7 Å². The van der Waals surface area contributed by atoms with Crippen LogP contribution in [0.25, 0.3) is 0 Å². The van der Waals surface area contributed by atoms with Crippen molar-refractivity contribution in [1.29, 1.82) is 0 Å². The van der Waals surface area contributed by atoms with Gasteiger partial charge < -0.3 is 14.8 Å². The molecular weight excluding hydrogens is 418 g/mol. The van der Waals surface area contributed by atoms with E-state index in [0.29, 0.717) is 12.2 Å². The molecule has 1 atom stereocenters. The van der Waals surface area contributed by atoms with Gasteiger partial charge in [-0.1, -0.05) is 0 Å². The van der Waals surface area contributed by atoms with E-state index < -0.39 is 16.7 Å². The van der Waals surface area contributed by atoms with E-state index in [9.17, 15) is 18.9 Å². The van der Waals surface area contributed by atoms with Gasteiger partial charge in [-0.2, -0.15) is 0 Å². The lowest BCUT2D eigenvalue weighted by molar-refractivity contribution is -0.123. The fourth-order valence-electron chi connectivity index (χ4n) is 3.45. The number of carbonyl (C=O) groups excluding carboxylic acids is 2. The molecule has 9 heteroatoms. The lowest BCUT2D eigenvalue weighted by Crippen LogP contribution is -2.35. The molecule has 3 heterocycles. The molecular formula is C22H29N3O5S. The number of furan rings is 1. The van der Waals surface area contributed by atoms with E-state index in [1.165, 1.54) is 6.26 Å². The van der Waals surface area contributed by atoms with Crippen LogP contribution in [0.3, 0.4) is 0 Å². The number of hydrogen-bond acceptors (Lipinski definition) is 7. The number of piperidine rings is 1. The number of aliphatic hydroxyl groups excluding tert-OH is 1. The quantitative estimate of drug-likeness (QED) is 0.532. The molecule has 0 aromatic carbocycles. The monoisotopic (exact) mass is 447 g/mol. The zero-order valence-electron chi connectivity index (χ0n) is 17.5. The SMILES string of the molecule is O=C(CCc1cc(CN2CCC(O)CC2)ccn1)CNC(=O)CS(=O)Cc1ccco1. The molecule has 1 amide bonds. The molecule has 0 saturated carbocycles. The number of likely N-dealkylation sites (tertiary alicyclic amines) is 1. The second-order valence-corrected chi connectivity index (χ2v) is 9.24. The van der Waals surface area contributed by atoms with Crippen LogP contribution < -0.4 is 5.32 Å². The Morgan fingerprint density at radius 3 is 2.84 bits per heavy atom. The fourth-order valence-corrected chi connectivity index (χ4v) is 4.43. The highest BCUT2D eigenvalue weighted by Gasteiger charge is 2.17. The zero-order chi connectivity index (χ0) is 22.1. The van der Waals surface area contributed by atoms with Crippen LogP contribution in [0.5, 0.6) is 0 Å². The van der Waals surface area contributed by atoms with E-state index in [2.05, 4.69) is 15.2 Å². The first-order chi connectivity index (χ1) is 15.0. The molecule has 3 rings (SSSR count). The van der Waals surface area contributed by atoms with Gasteiger partial charge in [0.15, 0.2) is 5.78 Å². The Hall–Kier alpha value is -2.36. The summed E-state index contributed by atoms with van der Waals surface area (Å²) in [4.78, 5) is 30.7. The highest BCUT2D eigenvalue weighted by Crippen LogP contribution is 2.14. The molecule has 168 valence electrons. The molecule has 1 fully saturated rings. The van der Waals surface area contributed by atoms with E-state index in [1.807, 2.05) is 12.1 Å². The van der Waals surface area contributed by atoms with Gasteiger partial charge in [-0.3, -0.25) is 23.7 Å². The number of pyridine rings is 1. The molecule has 0 radical (unpaired) electrons. The van der Waals surface area contributed by atoms with Crippen LogP contribution in [-0.2, 0) is 39.1 Å². The Labute approximate surface area is 184 Å². The van der Waals surface area contributed by atoms with E-state index in [4.69, 9.17) is 4.42 Å².